The predicted molar refractivity (Wildman–Crippen MR) is 290 cm³/mol. The number of benzene rings is 8. The number of pyridine rings is 1. The molecule has 0 amide bonds. The van der Waals surface area contributed by atoms with Crippen LogP contribution in [0, 0.1) is 18.2 Å². The quantitative estimate of drug-likeness (QED) is 0.0903. The summed E-state index contributed by atoms with van der Waals surface area (Å²) in [6.45, 7) is 9.00. The molecule has 0 unspecified atom stereocenters. The van der Waals surface area contributed by atoms with E-state index in [4.69, 9.17) is 9.40 Å². The van der Waals surface area contributed by atoms with Crippen LogP contribution in [0.15, 0.2) is 199 Å². The zero-order chi connectivity index (χ0) is 48.3. The Morgan fingerprint density at radius 1 is 0.542 bits per heavy atom. The maximum atomic E-state index is 6.63. The van der Waals surface area contributed by atoms with Crippen LogP contribution in [-0.2, 0) is 45.8 Å². The second-order valence-corrected chi connectivity index (χ2v) is 18.9. The van der Waals surface area contributed by atoms with Crippen molar-refractivity contribution in [3.8, 4) is 34.0 Å². The van der Waals surface area contributed by atoms with Gasteiger partial charge in [0.1, 0.15) is 5.58 Å². The summed E-state index contributed by atoms with van der Waals surface area (Å²) in [6.07, 6.45) is 13.7. The van der Waals surface area contributed by atoms with Gasteiger partial charge in [-0.25, -0.2) is 0 Å². The summed E-state index contributed by atoms with van der Waals surface area (Å²) >= 11 is 0. The average molecular weight is 1110 g/mol. The first-order chi connectivity index (χ1) is 34.8. The second-order valence-electron chi connectivity index (χ2n) is 18.9. The van der Waals surface area contributed by atoms with E-state index in [9.17, 15) is 0 Å². The van der Waals surface area contributed by atoms with Crippen LogP contribution in [0.1, 0.15) is 72.9 Å². The van der Waals surface area contributed by atoms with E-state index >= 15 is 0 Å². The number of aromatic nitrogens is 5. The fraction of sp³-hybridized carbons (Fsp3) is 0.154. The van der Waals surface area contributed by atoms with Crippen LogP contribution in [-0.4, -0.2) is 24.3 Å². The Labute approximate surface area is 435 Å². The fourth-order valence-electron chi connectivity index (χ4n) is 9.83. The molecule has 0 bridgehead atoms. The topological polar surface area (TPSA) is 61.7 Å². The maximum absolute atomic E-state index is 6.63. The zero-order valence-corrected chi connectivity index (χ0v) is 43.3. The molecule has 0 saturated heterocycles. The normalized spacial score (nSPS) is 11.4. The maximum Gasteiger partial charge on any atom is 3.00 e. The second kappa shape index (κ2) is 21.3. The SMILES string of the molecule is CC(C)c1cccc(C(C)C)c1-n1ccnc1-c1[c-]ccc2c1oc1cc3c(ccc4ccccc43)cc12.[Ir+3].[c-]1ccccc1-c1ccc(CCc2cccc(CCc3c[c-]c(-n4cccn4)cc3)c2)cn1. The number of furan rings is 1. The number of rotatable bonds is 12. The largest absolute Gasteiger partial charge is 3.00 e. The van der Waals surface area contributed by atoms with Gasteiger partial charge in [-0.15, -0.1) is 60.2 Å². The van der Waals surface area contributed by atoms with Gasteiger partial charge in [-0.1, -0.05) is 136 Å². The van der Waals surface area contributed by atoms with Gasteiger partial charge in [-0.3, -0.25) is 9.67 Å². The number of hydrogen-bond acceptors (Lipinski definition) is 4. The number of para-hydroxylation sites is 1. The Morgan fingerprint density at radius 2 is 1.29 bits per heavy atom. The Hall–Kier alpha value is -7.70. The molecule has 4 aromatic heterocycles. The van der Waals surface area contributed by atoms with Crippen molar-refractivity contribution >= 4 is 43.5 Å². The van der Waals surface area contributed by atoms with E-state index < -0.39 is 0 Å². The molecule has 8 aromatic carbocycles. The summed E-state index contributed by atoms with van der Waals surface area (Å²) in [6, 6.07) is 67.5. The number of nitrogens with zero attached hydrogens (tertiary/aromatic N) is 5. The predicted octanol–water partition coefficient (Wildman–Crippen LogP) is 15.9. The Bertz CT molecular complexity index is 3730. The molecule has 12 rings (SSSR count). The van der Waals surface area contributed by atoms with Crippen LogP contribution in [0.3, 0.4) is 0 Å². The molecule has 0 aliphatic heterocycles. The molecular formula is C65H54IrN5O. The summed E-state index contributed by atoms with van der Waals surface area (Å²) in [5.41, 5.74) is 14.7. The minimum atomic E-state index is 0. The zero-order valence-electron chi connectivity index (χ0n) is 40.9. The van der Waals surface area contributed by atoms with Crippen LogP contribution in [0.5, 0.6) is 0 Å². The molecule has 72 heavy (non-hydrogen) atoms. The van der Waals surface area contributed by atoms with Crippen LogP contribution in [0.25, 0.3) is 77.5 Å². The first-order valence-corrected chi connectivity index (χ1v) is 24.7. The van der Waals surface area contributed by atoms with Gasteiger partial charge in [-0.05, 0) is 110 Å². The Balaban J connectivity index is 0.000000165. The van der Waals surface area contributed by atoms with E-state index in [-0.39, 0.29) is 20.1 Å². The Morgan fingerprint density at radius 3 is 2.01 bits per heavy atom. The van der Waals surface area contributed by atoms with Gasteiger partial charge in [0.2, 0.25) is 0 Å². The van der Waals surface area contributed by atoms with E-state index in [0.29, 0.717) is 11.8 Å². The number of fused-ring (bicyclic) bond motifs is 6. The van der Waals surface area contributed by atoms with Gasteiger partial charge in [0.15, 0.2) is 0 Å². The summed E-state index contributed by atoms with van der Waals surface area (Å²) in [7, 11) is 0. The third kappa shape index (κ3) is 9.96. The molecule has 354 valence electrons. The molecule has 0 saturated carbocycles. The number of imidazole rings is 1. The molecule has 0 radical (unpaired) electrons. The Kier molecular flexibility index (Phi) is 14.2. The molecule has 6 nitrogen and oxygen atoms in total. The number of aryl methyl sites for hydroxylation is 4. The van der Waals surface area contributed by atoms with E-state index in [0.717, 1.165) is 76.0 Å². The van der Waals surface area contributed by atoms with Gasteiger partial charge >= 0.3 is 20.1 Å². The van der Waals surface area contributed by atoms with Gasteiger partial charge in [0.05, 0.1) is 11.4 Å². The van der Waals surface area contributed by atoms with Crippen LogP contribution >= 0.6 is 0 Å². The molecule has 0 spiro atoms. The standard InChI is InChI=1S/C35H29N2O.C30H25N3.Ir/c1-21(2)25-11-7-12-26(22(3)4)33(25)37-18-17-36-35(37)29-14-8-13-28-31-19-24-16-15-23-9-5-6-10-27(23)30(24)20-32(31)38-34(28)29;1-2-8-28(9-3-1)30-19-16-27(23-31-30)13-12-26-7-4-6-25(22-26)11-10-24-14-17-29(18-15-24)33-21-5-20-32-33;/h5-13,15-22H,1-4H3;1-8,14-17,19-23H,10-13H2;/q-1;-2;+3. The van der Waals surface area contributed by atoms with E-state index in [1.165, 1.54) is 60.6 Å². The van der Waals surface area contributed by atoms with Crippen molar-refractivity contribution in [2.75, 3.05) is 0 Å². The van der Waals surface area contributed by atoms with Gasteiger partial charge in [-0.2, -0.15) is 28.9 Å². The minimum Gasteiger partial charge on any atom is -0.501 e. The van der Waals surface area contributed by atoms with Gasteiger partial charge in [0.25, 0.3) is 0 Å². The first-order valence-electron chi connectivity index (χ1n) is 24.7. The van der Waals surface area contributed by atoms with Crippen molar-refractivity contribution in [2.24, 2.45) is 0 Å². The number of hydrogen-bond donors (Lipinski definition) is 0. The summed E-state index contributed by atoms with van der Waals surface area (Å²) in [5.74, 6) is 1.61. The van der Waals surface area contributed by atoms with E-state index in [1.807, 2.05) is 59.7 Å². The molecule has 0 aliphatic carbocycles. The average Bonchev–Trinajstić information content (AvgIpc) is 4.21. The van der Waals surface area contributed by atoms with Gasteiger partial charge < -0.3 is 14.0 Å². The molecule has 0 atom stereocenters. The third-order valence-corrected chi connectivity index (χ3v) is 13.6. The first kappa shape index (κ1) is 48.0. The van der Waals surface area contributed by atoms with Crippen molar-refractivity contribution < 1.29 is 24.5 Å². The minimum absolute atomic E-state index is 0. The molecular weight excluding hydrogens is 1060 g/mol. The molecule has 0 aliphatic rings. The van der Waals surface area contributed by atoms with Gasteiger partial charge in [0, 0.05) is 42.1 Å². The van der Waals surface area contributed by atoms with Crippen LogP contribution in [0.4, 0.5) is 0 Å². The summed E-state index contributed by atoms with van der Waals surface area (Å²) < 4.78 is 10.7. The third-order valence-electron chi connectivity index (χ3n) is 13.6. The summed E-state index contributed by atoms with van der Waals surface area (Å²) in [5, 5.41) is 11.3. The van der Waals surface area contributed by atoms with Crippen molar-refractivity contribution in [3.63, 3.8) is 0 Å². The molecule has 0 N–H and O–H groups in total. The molecule has 4 heterocycles. The molecule has 7 heteroatoms. The van der Waals surface area contributed by atoms with Crippen molar-refractivity contribution in [1.82, 2.24) is 24.3 Å². The molecule has 0 fully saturated rings. The summed E-state index contributed by atoms with van der Waals surface area (Å²) in [4.78, 5) is 9.48. The van der Waals surface area contributed by atoms with E-state index in [1.54, 1.807) is 6.20 Å². The van der Waals surface area contributed by atoms with Crippen LogP contribution < -0.4 is 0 Å². The smallest absolute Gasteiger partial charge is 0.501 e. The fourth-order valence-corrected chi connectivity index (χ4v) is 9.83. The van der Waals surface area contributed by atoms with Crippen molar-refractivity contribution in [2.45, 2.75) is 65.2 Å². The monoisotopic (exact) mass is 1110 g/mol. The molecule has 12 aromatic rings. The van der Waals surface area contributed by atoms with Crippen molar-refractivity contribution in [3.05, 3.63) is 246 Å². The van der Waals surface area contributed by atoms with Crippen molar-refractivity contribution in [1.29, 1.82) is 0 Å². The van der Waals surface area contributed by atoms with Crippen LogP contribution in [0.2, 0.25) is 0 Å². The van der Waals surface area contributed by atoms with E-state index in [2.05, 4.69) is 194 Å².